The third kappa shape index (κ3) is 5.26. The van der Waals surface area contributed by atoms with Gasteiger partial charge in [-0.2, -0.15) is 0 Å². The Kier molecular flexibility index (Phi) is 7.68. The van der Waals surface area contributed by atoms with Gasteiger partial charge >= 0.3 is 0 Å². The highest BCUT2D eigenvalue weighted by atomic mass is 16.5. The van der Waals surface area contributed by atoms with Gasteiger partial charge in [-0.3, -0.25) is 19.4 Å². The maximum Gasteiger partial charge on any atom is 0.239 e. The predicted molar refractivity (Wildman–Crippen MR) is 124 cm³/mol. The molecule has 2 heterocycles. The number of methoxy groups -OCH3 is 1. The van der Waals surface area contributed by atoms with Gasteiger partial charge in [0, 0.05) is 44.2 Å². The smallest absolute Gasteiger partial charge is 0.239 e. The van der Waals surface area contributed by atoms with E-state index in [0.717, 1.165) is 30.7 Å². The number of ether oxygens (including phenoxy) is 1. The molecule has 3 aliphatic rings. The van der Waals surface area contributed by atoms with Gasteiger partial charge in [0.25, 0.3) is 0 Å². The largest absolute Gasteiger partial charge is 0.497 e. The Hall–Kier alpha value is -2.12. The van der Waals surface area contributed by atoms with Crippen molar-refractivity contribution >= 4 is 11.8 Å². The van der Waals surface area contributed by atoms with Crippen LogP contribution in [0.25, 0.3) is 0 Å². The number of fused-ring (bicyclic) bond motifs is 1. The van der Waals surface area contributed by atoms with Crippen LogP contribution in [0.5, 0.6) is 5.75 Å². The number of rotatable bonds is 7. The van der Waals surface area contributed by atoms with E-state index in [1.54, 1.807) is 7.11 Å². The van der Waals surface area contributed by atoms with E-state index >= 15 is 0 Å². The molecule has 1 aliphatic carbocycles. The fourth-order valence-corrected chi connectivity index (χ4v) is 5.75. The Bertz CT molecular complexity index is 778. The topological polar surface area (TPSA) is 73.9 Å². The second-order valence-electron chi connectivity index (χ2n) is 9.56. The second kappa shape index (κ2) is 10.7. The molecule has 1 saturated carbocycles. The Balaban J connectivity index is 1.29. The van der Waals surface area contributed by atoms with Crippen molar-refractivity contribution in [2.24, 2.45) is 0 Å². The lowest BCUT2D eigenvalue weighted by Gasteiger charge is -2.37. The van der Waals surface area contributed by atoms with E-state index in [1.165, 1.54) is 32.1 Å². The van der Waals surface area contributed by atoms with Crippen LogP contribution < -0.4 is 15.4 Å². The average Bonchev–Trinajstić information content (AvgIpc) is 3.24. The monoisotopic (exact) mass is 442 g/mol. The van der Waals surface area contributed by atoms with Gasteiger partial charge in [0.2, 0.25) is 11.8 Å². The first-order valence-electron chi connectivity index (χ1n) is 12.2. The highest BCUT2D eigenvalue weighted by Crippen LogP contribution is 2.33. The molecule has 32 heavy (non-hydrogen) atoms. The molecule has 0 aromatic heterocycles. The Labute approximate surface area is 191 Å². The summed E-state index contributed by atoms with van der Waals surface area (Å²) < 4.78 is 5.17. The Morgan fingerprint density at radius 3 is 2.62 bits per heavy atom. The molecule has 176 valence electrons. The molecule has 2 N–H and O–H groups in total. The van der Waals surface area contributed by atoms with Gasteiger partial charge in [-0.25, -0.2) is 0 Å². The first kappa shape index (κ1) is 23.1. The van der Waals surface area contributed by atoms with Crippen LogP contribution >= 0.6 is 0 Å². The summed E-state index contributed by atoms with van der Waals surface area (Å²) >= 11 is 0. The second-order valence-corrected chi connectivity index (χ2v) is 9.56. The molecule has 0 bridgehead atoms. The minimum Gasteiger partial charge on any atom is -0.497 e. The van der Waals surface area contributed by atoms with E-state index in [9.17, 15) is 9.59 Å². The van der Waals surface area contributed by atoms with Crippen LogP contribution in [-0.4, -0.2) is 73.0 Å². The lowest BCUT2D eigenvalue weighted by atomic mass is 9.93. The lowest BCUT2D eigenvalue weighted by Crippen LogP contribution is -2.53. The number of nitrogens with one attached hydrogen (secondary N) is 2. The normalized spacial score (nSPS) is 27.4. The SMILES string of the molecule is COc1ccc(CNC(=O)CC[C@H]2CNC(=O)[C@@H]3[C@H](CCN3C3CCCCC3)N2C)cc1. The third-order valence-corrected chi connectivity index (χ3v) is 7.68. The average molecular weight is 443 g/mol. The van der Waals surface area contributed by atoms with Crippen molar-refractivity contribution < 1.29 is 14.3 Å². The van der Waals surface area contributed by atoms with Gasteiger partial charge < -0.3 is 15.4 Å². The van der Waals surface area contributed by atoms with E-state index in [0.29, 0.717) is 25.6 Å². The minimum absolute atomic E-state index is 0.0444. The number of benzene rings is 1. The van der Waals surface area contributed by atoms with Crippen LogP contribution in [0.15, 0.2) is 24.3 Å². The maximum absolute atomic E-state index is 13.0. The predicted octanol–water partition coefficient (Wildman–Crippen LogP) is 2.30. The lowest BCUT2D eigenvalue weighted by molar-refractivity contribution is -0.127. The first-order valence-corrected chi connectivity index (χ1v) is 12.2. The van der Waals surface area contributed by atoms with Gasteiger partial charge in [0.05, 0.1) is 7.11 Å². The van der Waals surface area contributed by atoms with Crippen LogP contribution in [0.1, 0.15) is 56.9 Å². The van der Waals surface area contributed by atoms with Crippen molar-refractivity contribution in [3.63, 3.8) is 0 Å². The van der Waals surface area contributed by atoms with E-state index in [4.69, 9.17) is 4.74 Å². The number of amides is 2. The first-order chi connectivity index (χ1) is 15.6. The third-order valence-electron chi connectivity index (χ3n) is 7.68. The summed E-state index contributed by atoms with van der Waals surface area (Å²) in [4.78, 5) is 30.4. The van der Waals surface area contributed by atoms with Gasteiger partial charge in [-0.05, 0) is 50.4 Å². The van der Waals surface area contributed by atoms with Gasteiger partial charge in [0.15, 0.2) is 0 Å². The molecule has 2 saturated heterocycles. The summed E-state index contributed by atoms with van der Waals surface area (Å²) in [6.45, 7) is 2.14. The van der Waals surface area contributed by atoms with Gasteiger partial charge in [0.1, 0.15) is 11.8 Å². The number of carbonyl (C=O) groups excluding carboxylic acids is 2. The zero-order chi connectivity index (χ0) is 22.5. The molecule has 2 aliphatic heterocycles. The molecule has 1 aromatic rings. The zero-order valence-corrected chi connectivity index (χ0v) is 19.5. The number of likely N-dealkylation sites (N-methyl/N-ethyl adjacent to an activating group) is 1. The minimum atomic E-state index is -0.0444. The molecule has 1 aromatic carbocycles. The molecular formula is C25H38N4O3. The molecule has 3 atom stereocenters. The maximum atomic E-state index is 13.0. The van der Waals surface area contributed by atoms with Crippen LogP contribution in [0, 0.1) is 0 Å². The van der Waals surface area contributed by atoms with Crippen molar-refractivity contribution in [1.29, 1.82) is 0 Å². The van der Waals surface area contributed by atoms with E-state index in [-0.39, 0.29) is 29.9 Å². The van der Waals surface area contributed by atoms with Crippen LogP contribution in [0.4, 0.5) is 0 Å². The number of nitrogens with zero attached hydrogens (tertiary/aromatic N) is 2. The quantitative estimate of drug-likeness (QED) is 0.678. The molecule has 0 spiro atoms. The van der Waals surface area contributed by atoms with Crippen molar-refractivity contribution in [2.45, 2.75) is 82.1 Å². The number of hydrogen-bond donors (Lipinski definition) is 2. The van der Waals surface area contributed by atoms with Crippen LogP contribution in [0.3, 0.4) is 0 Å². The van der Waals surface area contributed by atoms with E-state index in [2.05, 4.69) is 27.5 Å². The summed E-state index contributed by atoms with van der Waals surface area (Å²) in [7, 11) is 3.78. The van der Waals surface area contributed by atoms with Crippen molar-refractivity contribution in [1.82, 2.24) is 20.4 Å². The fourth-order valence-electron chi connectivity index (χ4n) is 5.75. The molecule has 7 heteroatoms. The molecule has 2 amide bonds. The van der Waals surface area contributed by atoms with Gasteiger partial charge in [-0.1, -0.05) is 31.4 Å². The summed E-state index contributed by atoms with van der Waals surface area (Å²) in [5.74, 6) is 1.04. The number of carbonyl (C=O) groups is 2. The van der Waals surface area contributed by atoms with Crippen molar-refractivity contribution in [3.8, 4) is 5.75 Å². The molecular weight excluding hydrogens is 404 g/mol. The van der Waals surface area contributed by atoms with Crippen LogP contribution in [0.2, 0.25) is 0 Å². The van der Waals surface area contributed by atoms with Crippen molar-refractivity contribution in [3.05, 3.63) is 29.8 Å². The number of hydrogen-bond acceptors (Lipinski definition) is 5. The molecule has 0 radical (unpaired) electrons. The van der Waals surface area contributed by atoms with Gasteiger partial charge in [-0.15, -0.1) is 0 Å². The zero-order valence-electron chi connectivity index (χ0n) is 19.5. The standard InChI is InChI=1S/C25H38N4O3/c1-28-20(10-13-23(30)26-16-18-8-11-21(32-2)12-9-18)17-27-25(31)24-22(28)14-15-29(24)19-6-4-3-5-7-19/h8-9,11-12,19-20,22,24H,3-7,10,13-17H2,1-2H3,(H,26,30)(H,27,31)/t20-,22-,24-/m0/s1. The Morgan fingerprint density at radius 1 is 1.16 bits per heavy atom. The molecule has 7 nitrogen and oxygen atoms in total. The molecule has 0 unspecified atom stereocenters. The highest BCUT2D eigenvalue weighted by Gasteiger charge is 2.47. The molecule has 3 fully saturated rings. The molecule has 4 rings (SSSR count). The summed E-state index contributed by atoms with van der Waals surface area (Å²) in [5.41, 5.74) is 1.05. The summed E-state index contributed by atoms with van der Waals surface area (Å²) in [6, 6.07) is 8.67. The highest BCUT2D eigenvalue weighted by molar-refractivity contribution is 5.83. The fraction of sp³-hybridized carbons (Fsp3) is 0.680. The van der Waals surface area contributed by atoms with Crippen LogP contribution in [-0.2, 0) is 16.1 Å². The summed E-state index contributed by atoms with van der Waals surface area (Å²) in [6.07, 6.45) is 8.57. The van der Waals surface area contributed by atoms with E-state index < -0.39 is 0 Å². The van der Waals surface area contributed by atoms with E-state index in [1.807, 2.05) is 24.3 Å². The summed E-state index contributed by atoms with van der Waals surface area (Å²) in [5, 5.41) is 6.21. The number of likely N-dealkylation sites (tertiary alicyclic amines) is 1. The Morgan fingerprint density at radius 2 is 1.91 bits per heavy atom. The van der Waals surface area contributed by atoms with Crippen molar-refractivity contribution in [2.75, 3.05) is 27.2 Å².